The number of para-hydroxylation sites is 1. The molecule has 0 fully saturated rings. The summed E-state index contributed by atoms with van der Waals surface area (Å²) in [6.07, 6.45) is 5.27. The molecule has 2 heteroatoms. The Labute approximate surface area is 103 Å². The molecule has 90 valence electrons. The van der Waals surface area contributed by atoms with Crippen LogP contribution in [0.4, 0.5) is 0 Å². The van der Waals surface area contributed by atoms with Gasteiger partial charge >= 0.3 is 0 Å². The average Bonchev–Trinajstić information content (AvgIpc) is 2.29. The third-order valence-electron chi connectivity index (χ3n) is 2.72. The van der Waals surface area contributed by atoms with E-state index < -0.39 is 0 Å². The summed E-state index contributed by atoms with van der Waals surface area (Å²) in [6, 6.07) is 5.98. The molecule has 0 saturated carbocycles. The molecule has 0 aliphatic rings. The molecule has 0 atom stereocenters. The van der Waals surface area contributed by atoms with Crippen LogP contribution in [-0.4, -0.2) is 10.9 Å². The maximum Gasteiger partial charge on any atom is 0.122 e. The number of hydrogen-bond donors (Lipinski definition) is 1. The first-order chi connectivity index (χ1) is 7.75. The standard InChI is InChI=1S/C14H22OS/c1-3-4-5-6-10-16-11-13-9-7-8-12(2)14(13)15/h7-9,15H,3-6,10-11H2,1-2H3. The predicted octanol–water partition coefficient (Wildman–Crippen LogP) is 4.51. The van der Waals surface area contributed by atoms with Crippen molar-refractivity contribution in [1.82, 2.24) is 0 Å². The topological polar surface area (TPSA) is 20.2 Å². The van der Waals surface area contributed by atoms with Gasteiger partial charge in [-0.25, -0.2) is 0 Å². The molecular weight excluding hydrogens is 216 g/mol. The molecule has 0 aromatic heterocycles. The third kappa shape index (κ3) is 4.48. The van der Waals surface area contributed by atoms with Crippen molar-refractivity contribution in [2.75, 3.05) is 5.75 Å². The van der Waals surface area contributed by atoms with Crippen molar-refractivity contribution < 1.29 is 5.11 Å². The zero-order valence-electron chi connectivity index (χ0n) is 10.3. The van der Waals surface area contributed by atoms with Crippen LogP contribution in [-0.2, 0) is 5.75 Å². The Balaban J connectivity index is 2.24. The lowest BCUT2D eigenvalue weighted by molar-refractivity contribution is 0.466. The second-order valence-electron chi connectivity index (χ2n) is 4.20. The average molecular weight is 238 g/mol. The lowest BCUT2D eigenvalue weighted by atomic mass is 10.1. The molecule has 1 rings (SSSR count). The van der Waals surface area contributed by atoms with Gasteiger partial charge in [0.25, 0.3) is 0 Å². The van der Waals surface area contributed by atoms with Crippen molar-refractivity contribution in [3.63, 3.8) is 0 Å². The summed E-state index contributed by atoms with van der Waals surface area (Å²) in [5.41, 5.74) is 2.05. The van der Waals surface area contributed by atoms with Gasteiger partial charge in [-0.1, -0.05) is 44.4 Å². The number of thioether (sulfide) groups is 1. The van der Waals surface area contributed by atoms with Gasteiger partial charge in [-0.3, -0.25) is 0 Å². The quantitative estimate of drug-likeness (QED) is 0.705. The maximum atomic E-state index is 9.82. The highest BCUT2D eigenvalue weighted by atomic mass is 32.2. The molecule has 0 saturated heterocycles. The van der Waals surface area contributed by atoms with Gasteiger partial charge in [0.1, 0.15) is 5.75 Å². The van der Waals surface area contributed by atoms with Gasteiger partial charge < -0.3 is 5.11 Å². The fraction of sp³-hybridized carbons (Fsp3) is 0.571. The summed E-state index contributed by atoms with van der Waals surface area (Å²) < 4.78 is 0. The number of hydrogen-bond acceptors (Lipinski definition) is 2. The third-order valence-corrected chi connectivity index (χ3v) is 3.81. The summed E-state index contributed by atoms with van der Waals surface area (Å²) in [7, 11) is 0. The highest BCUT2D eigenvalue weighted by Gasteiger charge is 2.02. The normalized spacial score (nSPS) is 10.6. The van der Waals surface area contributed by atoms with Crippen LogP contribution in [0.15, 0.2) is 18.2 Å². The first-order valence-corrected chi connectivity index (χ1v) is 7.26. The fourth-order valence-corrected chi connectivity index (χ4v) is 2.65. The number of aryl methyl sites for hydroxylation is 1. The van der Waals surface area contributed by atoms with Gasteiger partial charge in [0.05, 0.1) is 0 Å². The lowest BCUT2D eigenvalue weighted by Crippen LogP contribution is -1.87. The minimum Gasteiger partial charge on any atom is -0.507 e. The summed E-state index contributed by atoms with van der Waals surface area (Å²) in [5, 5.41) is 9.82. The van der Waals surface area contributed by atoms with Crippen molar-refractivity contribution in [2.45, 2.75) is 45.3 Å². The molecule has 0 aliphatic heterocycles. The monoisotopic (exact) mass is 238 g/mol. The Morgan fingerprint density at radius 1 is 1.19 bits per heavy atom. The van der Waals surface area contributed by atoms with Crippen molar-refractivity contribution in [3.8, 4) is 5.75 Å². The first kappa shape index (κ1) is 13.4. The van der Waals surface area contributed by atoms with Crippen LogP contribution < -0.4 is 0 Å². The Morgan fingerprint density at radius 2 is 2.00 bits per heavy atom. The van der Waals surface area contributed by atoms with Crippen molar-refractivity contribution in [2.24, 2.45) is 0 Å². The molecule has 0 spiro atoms. The molecular formula is C14H22OS. The summed E-state index contributed by atoms with van der Waals surface area (Å²) >= 11 is 1.92. The highest BCUT2D eigenvalue weighted by molar-refractivity contribution is 7.98. The van der Waals surface area contributed by atoms with Crippen molar-refractivity contribution >= 4 is 11.8 Å². The van der Waals surface area contributed by atoms with E-state index in [-0.39, 0.29) is 0 Å². The molecule has 0 unspecified atom stereocenters. The number of benzene rings is 1. The van der Waals surface area contributed by atoms with E-state index in [2.05, 4.69) is 6.92 Å². The second-order valence-corrected chi connectivity index (χ2v) is 5.30. The highest BCUT2D eigenvalue weighted by Crippen LogP contribution is 2.25. The first-order valence-electron chi connectivity index (χ1n) is 6.11. The Hall–Kier alpha value is -0.630. The van der Waals surface area contributed by atoms with Crippen LogP contribution in [0.25, 0.3) is 0 Å². The number of unbranched alkanes of at least 4 members (excludes halogenated alkanes) is 3. The number of phenolic OH excluding ortho intramolecular Hbond substituents is 1. The lowest BCUT2D eigenvalue weighted by Gasteiger charge is -2.06. The Bertz CT molecular complexity index is 310. The molecule has 0 radical (unpaired) electrons. The molecule has 1 aromatic carbocycles. The van der Waals surface area contributed by atoms with Crippen LogP contribution in [0, 0.1) is 6.92 Å². The van der Waals surface area contributed by atoms with E-state index >= 15 is 0 Å². The van der Waals surface area contributed by atoms with Gasteiger partial charge in [0.15, 0.2) is 0 Å². The van der Waals surface area contributed by atoms with E-state index in [4.69, 9.17) is 0 Å². The molecule has 1 nitrogen and oxygen atoms in total. The number of aromatic hydroxyl groups is 1. The minimum absolute atomic E-state index is 0.476. The summed E-state index contributed by atoms with van der Waals surface area (Å²) in [6.45, 7) is 4.18. The van der Waals surface area contributed by atoms with Gasteiger partial charge in [0.2, 0.25) is 0 Å². The molecule has 0 bridgehead atoms. The van der Waals surface area contributed by atoms with E-state index in [1.165, 1.54) is 31.4 Å². The summed E-state index contributed by atoms with van der Waals surface area (Å²) in [5.74, 6) is 2.61. The predicted molar refractivity (Wildman–Crippen MR) is 73.1 cm³/mol. The van der Waals surface area contributed by atoms with Crippen LogP contribution >= 0.6 is 11.8 Å². The largest absolute Gasteiger partial charge is 0.507 e. The van der Waals surface area contributed by atoms with Gasteiger partial charge in [-0.05, 0) is 24.7 Å². The Kier molecular flexibility index (Phi) is 6.39. The molecule has 0 aliphatic carbocycles. The maximum absolute atomic E-state index is 9.82. The SMILES string of the molecule is CCCCCCSCc1cccc(C)c1O. The van der Waals surface area contributed by atoms with Gasteiger partial charge in [-0.2, -0.15) is 11.8 Å². The van der Waals surface area contributed by atoms with E-state index in [0.717, 1.165) is 16.9 Å². The second kappa shape index (κ2) is 7.61. The Morgan fingerprint density at radius 3 is 2.75 bits per heavy atom. The number of phenols is 1. The van der Waals surface area contributed by atoms with Crippen LogP contribution in [0.1, 0.15) is 43.7 Å². The molecule has 1 aromatic rings. The van der Waals surface area contributed by atoms with Crippen molar-refractivity contribution in [1.29, 1.82) is 0 Å². The van der Waals surface area contributed by atoms with Gasteiger partial charge in [0, 0.05) is 11.3 Å². The number of rotatable bonds is 7. The van der Waals surface area contributed by atoms with Crippen LogP contribution in [0.3, 0.4) is 0 Å². The zero-order valence-corrected chi connectivity index (χ0v) is 11.1. The van der Waals surface area contributed by atoms with Crippen molar-refractivity contribution in [3.05, 3.63) is 29.3 Å². The van der Waals surface area contributed by atoms with E-state index in [0.29, 0.717) is 5.75 Å². The summed E-state index contributed by atoms with van der Waals surface area (Å²) in [4.78, 5) is 0. The fourth-order valence-electron chi connectivity index (χ4n) is 1.65. The van der Waals surface area contributed by atoms with Crippen LogP contribution in [0.2, 0.25) is 0 Å². The van der Waals surface area contributed by atoms with Crippen LogP contribution in [0.5, 0.6) is 5.75 Å². The molecule has 16 heavy (non-hydrogen) atoms. The molecule has 1 N–H and O–H groups in total. The molecule has 0 amide bonds. The zero-order chi connectivity index (χ0) is 11.8. The van der Waals surface area contributed by atoms with E-state index in [9.17, 15) is 5.11 Å². The minimum atomic E-state index is 0.476. The molecule has 0 heterocycles. The van der Waals surface area contributed by atoms with E-state index in [1.807, 2.05) is 36.9 Å². The smallest absolute Gasteiger partial charge is 0.122 e. The van der Waals surface area contributed by atoms with Gasteiger partial charge in [-0.15, -0.1) is 0 Å². The van der Waals surface area contributed by atoms with E-state index in [1.54, 1.807) is 0 Å².